The molecule has 0 radical (unpaired) electrons. The fraction of sp³-hybridized carbons (Fsp3) is 0.250. The van der Waals surface area contributed by atoms with Gasteiger partial charge >= 0.3 is 0 Å². The van der Waals surface area contributed by atoms with Crippen LogP contribution in [-0.4, -0.2) is 21.1 Å². The number of nitrogens with zero attached hydrogens (tertiary/aromatic N) is 3. The van der Waals surface area contributed by atoms with Gasteiger partial charge in [0.25, 0.3) is 0 Å². The summed E-state index contributed by atoms with van der Waals surface area (Å²) >= 11 is 0. The number of carbonyl (C=O) groups excluding carboxylic acids is 1. The van der Waals surface area contributed by atoms with Crippen LogP contribution in [0.5, 0.6) is 11.5 Å². The largest absolute Gasteiger partial charge is 0.452 e. The van der Waals surface area contributed by atoms with E-state index in [0.717, 1.165) is 19.3 Å². The molecule has 0 aliphatic rings. The summed E-state index contributed by atoms with van der Waals surface area (Å²) in [5.41, 5.74) is 0.489. The van der Waals surface area contributed by atoms with Gasteiger partial charge in [0.1, 0.15) is 5.75 Å². The van der Waals surface area contributed by atoms with Gasteiger partial charge in [-0.25, -0.2) is 0 Å². The maximum Gasteiger partial charge on any atom is 0.165 e. The second-order valence-corrected chi connectivity index (χ2v) is 3.61. The number of rotatable bonds is 5. The van der Waals surface area contributed by atoms with E-state index in [-0.39, 0.29) is 0 Å². The van der Waals surface area contributed by atoms with Crippen molar-refractivity contribution in [1.82, 2.24) is 14.8 Å². The molecule has 0 atom stereocenters. The van der Waals surface area contributed by atoms with E-state index in [4.69, 9.17) is 4.74 Å². The molecule has 0 aromatic carbocycles. The predicted octanol–water partition coefficient (Wildman–Crippen LogP) is 2.29. The minimum Gasteiger partial charge on any atom is -0.452 e. The van der Waals surface area contributed by atoms with Crippen LogP contribution in [0.25, 0.3) is 0 Å². The molecule has 0 N–H and O–H groups in total. The molecule has 2 heterocycles. The van der Waals surface area contributed by atoms with Crippen molar-refractivity contribution in [1.29, 1.82) is 0 Å². The Balaban J connectivity index is 2.10. The van der Waals surface area contributed by atoms with Crippen LogP contribution in [0.15, 0.2) is 30.9 Å². The van der Waals surface area contributed by atoms with Crippen LogP contribution in [-0.2, 0) is 6.54 Å². The molecular formula is C12H13N3O2. The molecule has 0 amide bonds. The maximum absolute atomic E-state index is 10.6. The summed E-state index contributed by atoms with van der Waals surface area (Å²) in [4.78, 5) is 14.5. The van der Waals surface area contributed by atoms with Crippen LogP contribution in [0.3, 0.4) is 0 Å². The number of hydrogen-bond donors (Lipinski definition) is 0. The molecule has 0 bridgehead atoms. The molecule has 0 saturated carbocycles. The topological polar surface area (TPSA) is 57.0 Å². The second-order valence-electron chi connectivity index (χ2n) is 3.61. The number of carbonyl (C=O) groups is 1. The van der Waals surface area contributed by atoms with Crippen molar-refractivity contribution in [2.75, 3.05) is 0 Å². The average Bonchev–Trinajstić information content (AvgIpc) is 2.77. The number of hydrogen-bond acceptors (Lipinski definition) is 4. The molecule has 0 aliphatic heterocycles. The van der Waals surface area contributed by atoms with E-state index in [9.17, 15) is 4.79 Å². The summed E-state index contributed by atoms with van der Waals surface area (Å²) in [6.45, 7) is 2.94. The monoisotopic (exact) mass is 231 g/mol. The Hall–Kier alpha value is -2.17. The molecule has 0 unspecified atom stereocenters. The highest BCUT2D eigenvalue weighted by Gasteiger charge is 2.02. The van der Waals surface area contributed by atoms with Gasteiger partial charge in [0.05, 0.1) is 18.6 Å². The van der Waals surface area contributed by atoms with Crippen molar-refractivity contribution in [3.8, 4) is 11.5 Å². The smallest absolute Gasteiger partial charge is 0.165 e. The van der Waals surface area contributed by atoms with E-state index >= 15 is 0 Å². The summed E-state index contributed by atoms with van der Waals surface area (Å²) < 4.78 is 7.35. The van der Waals surface area contributed by atoms with Crippen LogP contribution in [0, 0.1) is 0 Å². The third-order valence-corrected chi connectivity index (χ3v) is 2.17. The third kappa shape index (κ3) is 2.90. The Bertz CT molecular complexity index is 508. The quantitative estimate of drug-likeness (QED) is 0.741. The van der Waals surface area contributed by atoms with Crippen molar-refractivity contribution < 1.29 is 9.53 Å². The first-order chi connectivity index (χ1) is 8.31. The number of ether oxygens (including phenoxy) is 1. The van der Waals surface area contributed by atoms with Gasteiger partial charge in [0, 0.05) is 18.3 Å². The zero-order chi connectivity index (χ0) is 12.1. The van der Waals surface area contributed by atoms with Crippen LogP contribution in [0.1, 0.15) is 23.7 Å². The maximum atomic E-state index is 10.6. The summed E-state index contributed by atoms with van der Waals surface area (Å²) in [5.74, 6) is 1.17. The Morgan fingerprint density at radius 2 is 2.24 bits per heavy atom. The standard InChI is InChI=1S/C12H13N3O2/c1-2-3-15-8-12(7-14-15)17-11-4-10(9-16)5-13-6-11/h4-9H,2-3H2,1H3. The van der Waals surface area contributed by atoms with Crippen molar-refractivity contribution in [2.45, 2.75) is 19.9 Å². The molecule has 88 valence electrons. The van der Waals surface area contributed by atoms with E-state index in [2.05, 4.69) is 17.0 Å². The van der Waals surface area contributed by atoms with E-state index in [1.54, 1.807) is 18.5 Å². The lowest BCUT2D eigenvalue weighted by molar-refractivity contribution is 0.112. The first kappa shape index (κ1) is 11.3. The highest BCUT2D eigenvalue weighted by molar-refractivity contribution is 5.74. The van der Waals surface area contributed by atoms with Gasteiger partial charge in [-0.1, -0.05) is 6.92 Å². The van der Waals surface area contributed by atoms with E-state index in [1.807, 2.05) is 10.9 Å². The molecule has 0 spiro atoms. The first-order valence-corrected chi connectivity index (χ1v) is 5.42. The van der Waals surface area contributed by atoms with Gasteiger partial charge in [-0.15, -0.1) is 0 Å². The molecule has 0 fully saturated rings. The SMILES string of the molecule is CCCn1cc(Oc2cncc(C=O)c2)cn1. The van der Waals surface area contributed by atoms with Crippen molar-refractivity contribution in [2.24, 2.45) is 0 Å². The van der Waals surface area contributed by atoms with Crippen molar-refractivity contribution in [3.63, 3.8) is 0 Å². The van der Waals surface area contributed by atoms with Gasteiger partial charge < -0.3 is 4.74 Å². The molecule has 0 saturated heterocycles. The van der Waals surface area contributed by atoms with Gasteiger partial charge in [-0.2, -0.15) is 5.10 Å². The highest BCUT2D eigenvalue weighted by atomic mass is 16.5. The first-order valence-electron chi connectivity index (χ1n) is 5.42. The Morgan fingerprint density at radius 3 is 3.00 bits per heavy atom. The van der Waals surface area contributed by atoms with E-state index in [0.29, 0.717) is 17.1 Å². The fourth-order valence-electron chi connectivity index (χ4n) is 1.44. The third-order valence-electron chi connectivity index (χ3n) is 2.17. The molecule has 2 aromatic heterocycles. The lowest BCUT2D eigenvalue weighted by atomic mass is 10.3. The Morgan fingerprint density at radius 1 is 1.35 bits per heavy atom. The van der Waals surface area contributed by atoms with Gasteiger partial charge in [0.2, 0.25) is 0 Å². The van der Waals surface area contributed by atoms with Gasteiger partial charge in [-0.05, 0) is 12.5 Å². The molecule has 0 aliphatic carbocycles. The summed E-state index contributed by atoms with van der Waals surface area (Å²) in [5, 5.41) is 4.15. The van der Waals surface area contributed by atoms with Crippen LogP contribution >= 0.6 is 0 Å². The molecule has 2 aromatic rings. The summed E-state index contributed by atoms with van der Waals surface area (Å²) in [7, 11) is 0. The second kappa shape index (κ2) is 5.25. The van der Waals surface area contributed by atoms with Crippen LogP contribution in [0.2, 0.25) is 0 Å². The molecule has 2 rings (SSSR count). The normalized spacial score (nSPS) is 10.2. The number of pyridine rings is 1. The van der Waals surface area contributed by atoms with E-state index < -0.39 is 0 Å². The molecule has 17 heavy (non-hydrogen) atoms. The van der Waals surface area contributed by atoms with Gasteiger partial charge in [-0.3, -0.25) is 14.5 Å². The minimum atomic E-state index is 0.489. The van der Waals surface area contributed by atoms with Crippen molar-refractivity contribution >= 4 is 6.29 Å². The Labute approximate surface area is 99.1 Å². The zero-order valence-electron chi connectivity index (χ0n) is 9.54. The predicted molar refractivity (Wildman–Crippen MR) is 62.2 cm³/mol. The van der Waals surface area contributed by atoms with Crippen LogP contribution in [0.4, 0.5) is 0 Å². The molecular weight excluding hydrogens is 218 g/mol. The molecule has 5 heteroatoms. The number of aryl methyl sites for hydroxylation is 1. The Kier molecular flexibility index (Phi) is 3.49. The average molecular weight is 231 g/mol. The van der Waals surface area contributed by atoms with Gasteiger partial charge in [0.15, 0.2) is 12.0 Å². The van der Waals surface area contributed by atoms with E-state index in [1.165, 1.54) is 6.20 Å². The lowest BCUT2D eigenvalue weighted by Gasteiger charge is -2.01. The summed E-state index contributed by atoms with van der Waals surface area (Å²) in [6, 6.07) is 1.64. The van der Waals surface area contributed by atoms with Crippen LogP contribution < -0.4 is 4.74 Å². The number of aromatic nitrogens is 3. The summed E-state index contributed by atoms with van der Waals surface area (Å²) in [6.07, 6.45) is 8.26. The lowest BCUT2D eigenvalue weighted by Crippen LogP contribution is -1.95. The highest BCUT2D eigenvalue weighted by Crippen LogP contribution is 2.20. The minimum absolute atomic E-state index is 0.489. The van der Waals surface area contributed by atoms with Crippen molar-refractivity contribution in [3.05, 3.63) is 36.4 Å². The zero-order valence-corrected chi connectivity index (χ0v) is 9.54. The molecule has 5 nitrogen and oxygen atoms in total. The fourth-order valence-corrected chi connectivity index (χ4v) is 1.44. The number of aldehydes is 1.